The van der Waals surface area contributed by atoms with Crippen LogP contribution in [-0.4, -0.2) is 23.3 Å². The van der Waals surface area contributed by atoms with Crippen LogP contribution < -0.4 is 5.32 Å². The molecular weight excluding hydrogens is 387 g/mol. The zero-order valence-corrected chi connectivity index (χ0v) is 15.0. The molecule has 3 rings (SSSR count). The van der Waals surface area contributed by atoms with Gasteiger partial charge in [-0.15, -0.1) is 0 Å². The van der Waals surface area contributed by atoms with Crippen molar-refractivity contribution in [2.45, 2.75) is 13.0 Å². The standard InChI is InChI=1S/C19H16BrFN2O2/c1-2-18(24)22-15-5-3-4-12(9-15)19(25)23-7-6-16-13(11-23)8-14(20)10-17(16)21/h2-5,8-10H,1,6-7,11H2,(H,22,24). The third-order valence-electron chi connectivity index (χ3n) is 4.10. The monoisotopic (exact) mass is 402 g/mol. The van der Waals surface area contributed by atoms with Gasteiger partial charge in [0.1, 0.15) is 5.82 Å². The van der Waals surface area contributed by atoms with Gasteiger partial charge in [-0.05, 0) is 54.0 Å². The minimum Gasteiger partial charge on any atom is -0.334 e. The molecule has 2 aromatic rings. The quantitative estimate of drug-likeness (QED) is 0.791. The first kappa shape index (κ1) is 17.4. The minimum absolute atomic E-state index is 0.152. The summed E-state index contributed by atoms with van der Waals surface area (Å²) in [5, 5.41) is 2.64. The summed E-state index contributed by atoms with van der Waals surface area (Å²) >= 11 is 3.29. The number of nitrogens with zero attached hydrogens (tertiary/aromatic N) is 1. The second-order valence-corrected chi connectivity index (χ2v) is 6.69. The zero-order valence-electron chi connectivity index (χ0n) is 13.4. The van der Waals surface area contributed by atoms with E-state index in [1.165, 1.54) is 12.1 Å². The summed E-state index contributed by atoms with van der Waals surface area (Å²) in [7, 11) is 0. The highest BCUT2D eigenvalue weighted by molar-refractivity contribution is 9.10. The van der Waals surface area contributed by atoms with E-state index < -0.39 is 0 Å². The number of hydrogen-bond donors (Lipinski definition) is 1. The van der Waals surface area contributed by atoms with Gasteiger partial charge in [-0.1, -0.05) is 28.6 Å². The molecule has 1 heterocycles. The number of halogens is 2. The van der Waals surface area contributed by atoms with Crippen LogP contribution in [0.1, 0.15) is 21.5 Å². The number of anilines is 1. The third-order valence-corrected chi connectivity index (χ3v) is 4.55. The predicted octanol–water partition coefficient (Wildman–Crippen LogP) is 3.91. The Kier molecular flexibility index (Phi) is 4.99. The summed E-state index contributed by atoms with van der Waals surface area (Å²) in [6, 6.07) is 10.0. The molecule has 0 bridgehead atoms. The van der Waals surface area contributed by atoms with E-state index in [4.69, 9.17) is 0 Å². The predicted molar refractivity (Wildman–Crippen MR) is 97.8 cm³/mol. The smallest absolute Gasteiger partial charge is 0.254 e. The number of amides is 2. The Labute approximate surface area is 153 Å². The van der Waals surface area contributed by atoms with Gasteiger partial charge in [-0.25, -0.2) is 4.39 Å². The fraction of sp³-hybridized carbons (Fsp3) is 0.158. The topological polar surface area (TPSA) is 49.4 Å². The van der Waals surface area contributed by atoms with Gasteiger partial charge >= 0.3 is 0 Å². The van der Waals surface area contributed by atoms with Crippen molar-refractivity contribution in [3.05, 3.63) is 76.0 Å². The van der Waals surface area contributed by atoms with E-state index in [-0.39, 0.29) is 17.6 Å². The molecule has 25 heavy (non-hydrogen) atoms. The molecule has 4 nitrogen and oxygen atoms in total. The molecule has 0 aromatic heterocycles. The number of carbonyl (C=O) groups excluding carboxylic acids is 2. The van der Waals surface area contributed by atoms with E-state index in [1.807, 2.05) is 6.07 Å². The lowest BCUT2D eigenvalue weighted by atomic mass is 9.98. The molecular formula is C19H16BrFN2O2. The maximum absolute atomic E-state index is 14.0. The van der Waals surface area contributed by atoms with Gasteiger partial charge in [0.25, 0.3) is 5.91 Å². The van der Waals surface area contributed by atoms with Crippen molar-refractivity contribution in [3.8, 4) is 0 Å². The van der Waals surface area contributed by atoms with Crippen molar-refractivity contribution in [2.75, 3.05) is 11.9 Å². The largest absolute Gasteiger partial charge is 0.334 e. The minimum atomic E-state index is -0.336. The van der Waals surface area contributed by atoms with Crippen molar-refractivity contribution in [1.29, 1.82) is 0 Å². The van der Waals surface area contributed by atoms with E-state index >= 15 is 0 Å². The average molecular weight is 403 g/mol. The van der Waals surface area contributed by atoms with Gasteiger partial charge < -0.3 is 10.2 Å². The summed E-state index contributed by atoms with van der Waals surface area (Å²) in [5.74, 6) is -0.733. The molecule has 2 amide bonds. The third kappa shape index (κ3) is 3.79. The van der Waals surface area contributed by atoms with Crippen LogP contribution in [0.2, 0.25) is 0 Å². The molecule has 0 spiro atoms. The van der Waals surface area contributed by atoms with Gasteiger partial charge in [-0.3, -0.25) is 9.59 Å². The SMILES string of the molecule is C=CC(=O)Nc1cccc(C(=O)N2CCc3c(F)cc(Br)cc3C2)c1. The van der Waals surface area contributed by atoms with Crippen LogP contribution in [0.4, 0.5) is 10.1 Å². The van der Waals surface area contributed by atoms with Crippen LogP contribution in [0.3, 0.4) is 0 Å². The second kappa shape index (κ2) is 7.19. The van der Waals surface area contributed by atoms with Crippen molar-refractivity contribution in [3.63, 3.8) is 0 Å². The molecule has 1 aliphatic heterocycles. The molecule has 128 valence electrons. The maximum Gasteiger partial charge on any atom is 0.254 e. The number of hydrogen-bond acceptors (Lipinski definition) is 2. The Morgan fingerprint density at radius 1 is 1.28 bits per heavy atom. The normalized spacial score (nSPS) is 13.1. The second-order valence-electron chi connectivity index (χ2n) is 5.78. The highest BCUT2D eigenvalue weighted by Crippen LogP contribution is 2.27. The maximum atomic E-state index is 14.0. The number of carbonyl (C=O) groups is 2. The molecule has 0 saturated heterocycles. The van der Waals surface area contributed by atoms with Crippen LogP contribution in [0.25, 0.3) is 0 Å². The molecule has 1 aliphatic rings. The summed E-state index contributed by atoms with van der Waals surface area (Å²) in [5.41, 5.74) is 2.48. The molecule has 2 aromatic carbocycles. The Balaban J connectivity index is 1.81. The van der Waals surface area contributed by atoms with Crippen molar-refractivity contribution >= 4 is 33.4 Å². The van der Waals surface area contributed by atoms with Crippen LogP contribution >= 0.6 is 15.9 Å². The lowest BCUT2D eigenvalue weighted by molar-refractivity contribution is -0.111. The first-order valence-corrected chi connectivity index (χ1v) is 8.57. The van der Waals surface area contributed by atoms with Crippen LogP contribution in [0, 0.1) is 5.82 Å². The summed E-state index contributed by atoms with van der Waals surface area (Å²) in [6.45, 7) is 4.21. The van der Waals surface area contributed by atoms with Crippen LogP contribution in [0.5, 0.6) is 0 Å². The first-order chi connectivity index (χ1) is 12.0. The van der Waals surface area contributed by atoms with E-state index in [0.29, 0.717) is 40.8 Å². The average Bonchev–Trinajstić information content (AvgIpc) is 2.60. The molecule has 0 atom stereocenters. The molecule has 0 fully saturated rings. The van der Waals surface area contributed by atoms with Crippen molar-refractivity contribution in [1.82, 2.24) is 4.90 Å². The van der Waals surface area contributed by atoms with Gasteiger partial charge in [-0.2, -0.15) is 0 Å². The lowest BCUT2D eigenvalue weighted by Crippen LogP contribution is -2.36. The number of rotatable bonds is 3. The van der Waals surface area contributed by atoms with Crippen molar-refractivity contribution < 1.29 is 14.0 Å². The Bertz CT molecular complexity index is 866. The summed E-state index contributed by atoms with van der Waals surface area (Å²) < 4.78 is 14.7. The number of nitrogens with one attached hydrogen (secondary N) is 1. The van der Waals surface area contributed by atoms with E-state index in [9.17, 15) is 14.0 Å². The Morgan fingerprint density at radius 3 is 2.84 bits per heavy atom. The Hall–Kier alpha value is -2.47. The number of benzene rings is 2. The van der Waals surface area contributed by atoms with E-state index in [0.717, 1.165) is 5.56 Å². The molecule has 6 heteroatoms. The lowest BCUT2D eigenvalue weighted by Gasteiger charge is -2.29. The van der Waals surface area contributed by atoms with E-state index in [1.54, 1.807) is 29.2 Å². The van der Waals surface area contributed by atoms with Gasteiger partial charge in [0.15, 0.2) is 0 Å². The fourth-order valence-electron chi connectivity index (χ4n) is 2.89. The highest BCUT2D eigenvalue weighted by Gasteiger charge is 2.24. The van der Waals surface area contributed by atoms with Gasteiger partial charge in [0, 0.05) is 28.8 Å². The number of fused-ring (bicyclic) bond motifs is 1. The van der Waals surface area contributed by atoms with Crippen molar-refractivity contribution in [2.24, 2.45) is 0 Å². The van der Waals surface area contributed by atoms with E-state index in [2.05, 4.69) is 27.8 Å². The summed E-state index contributed by atoms with van der Waals surface area (Å²) in [4.78, 5) is 25.9. The molecule has 0 saturated carbocycles. The molecule has 1 N–H and O–H groups in total. The molecule has 0 aliphatic carbocycles. The Morgan fingerprint density at radius 2 is 2.08 bits per heavy atom. The fourth-order valence-corrected chi connectivity index (χ4v) is 3.37. The van der Waals surface area contributed by atoms with Crippen LogP contribution in [-0.2, 0) is 17.8 Å². The highest BCUT2D eigenvalue weighted by atomic mass is 79.9. The van der Waals surface area contributed by atoms with Gasteiger partial charge in [0.05, 0.1) is 0 Å². The first-order valence-electron chi connectivity index (χ1n) is 7.77. The summed E-state index contributed by atoms with van der Waals surface area (Å²) in [6.07, 6.45) is 1.65. The molecule has 0 radical (unpaired) electrons. The molecule has 0 unspecified atom stereocenters. The van der Waals surface area contributed by atoms with Gasteiger partial charge in [0.2, 0.25) is 5.91 Å². The van der Waals surface area contributed by atoms with Crippen LogP contribution in [0.15, 0.2) is 53.5 Å². The zero-order chi connectivity index (χ0) is 18.0.